The van der Waals surface area contributed by atoms with Gasteiger partial charge >= 0.3 is 5.97 Å². The molecule has 9 heteroatoms. The van der Waals surface area contributed by atoms with Crippen LogP contribution in [0.3, 0.4) is 0 Å². The maximum atomic E-state index is 14.7. The number of carbonyl (C=O) groups is 1. The van der Waals surface area contributed by atoms with Crippen molar-refractivity contribution in [3.63, 3.8) is 0 Å². The summed E-state index contributed by atoms with van der Waals surface area (Å²) in [5.74, 6) is -1.84. The van der Waals surface area contributed by atoms with Gasteiger partial charge in [-0.3, -0.25) is 4.79 Å². The van der Waals surface area contributed by atoms with Crippen LogP contribution in [0.15, 0.2) is 21.5 Å². The molecule has 1 aromatic heterocycles. The first-order valence-corrected chi connectivity index (χ1v) is 8.49. The molecule has 0 radical (unpaired) electrons. The van der Waals surface area contributed by atoms with E-state index in [0.717, 1.165) is 19.2 Å². The molecule has 1 aliphatic rings. The Morgan fingerprint density at radius 1 is 1.40 bits per heavy atom. The predicted octanol–water partition coefficient (Wildman–Crippen LogP) is 2.45. The largest absolute Gasteiger partial charge is 0.477 e. The first-order chi connectivity index (χ1) is 11.5. The summed E-state index contributed by atoms with van der Waals surface area (Å²) >= 11 is 3.45. The Bertz CT molecular complexity index is 881. The fourth-order valence-corrected chi connectivity index (χ4v) is 3.94. The van der Waals surface area contributed by atoms with Crippen LogP contribution in [0, 0.1) is 5.82 Å². The molecule has 136 valence electrons. The lowest BCUT2D eigenvalue weighted by Crippen LogP contribution is -2.44. The minimum absolute atomic E-state index is 0. The molecule has 25 heavy (non-hydrogen) atoms. The van der Waals surface area contributed by atoms with Crippen LogP contribution in [-0.4, -0.2) is 41.8 Å². The smallest absolute Gasteiger partial charge is 0.341 e. The molecule has 1 aliphatic heterocycles. The van der Waals surface area contributed by atoms with E-state index in [0.29, 0.717) is 35.3 Å². The van der Waals surface area contributed by atoms with Crippen molar-refractivity contribution < 1.29 is 14.3 Å². The topological polar surface area (TPSA) is 74.6 Å². The van der Waals surface area contributed by atoms with Gasteiger partial charge < -0.3 is 19.9 Å². The highest BCUT2D eigenvalue weighted by molar-refractivity contribution is 9.10. The number of anilines is 1. The number of pyridine rings is 1. The van der Waals surface area contributed by atoms with E-state index in [-0.39, 0.29) is 23.4 Å². The molecule has 0 bridgehead atoms. The van der Waals surface area contributed by atoms with Gasteiger partial charge in [0.1, 0.15) is 11.4 Å². The van der Waals surface area contributed by atoms with E-state index in [1.165, 1.54) is 6.20 Å². The zero-order chi connectivity index (χ0) is 17.4. The summed E-state index contributed by atoms with van der Waals surface area (Å²) in [5.41, 5.74) is -0.102. The number of carboxylic acid groups (broad SMARTS) is 1. The maximum Gasteiger partial charge on any atom is 0.341 e. The summed E-state index contributed by atoms with van der Waals surface area (Å²) in [6.07, 6.45) is 1.32. The number of nitrogens with zero attached hydrogens (tertiary/aromatic N) is 2. The number of aromatic carboxylic acids is 1. The molecular formula is C16H18BrClFN3O3. The first kappa shape index (κ1) is 19.7. The molecule has 2 aromatic rings. The quantitative estimate of drug-likeness (QED) is 0.776. The Labute approximate surface area is 158 Å². The maximum absolute atomic E-state index is 14.7. The molecular weight excluding hydrogens is 417 g/mol. The molecule has 0 amide bonds. The third-order valence-corrected chi connectivity index (χ3v) is 4.99. The van der Waals surface area contributed by atoms with Crippen LogP contribution in [0.2, 0.25) is 0 Å². The third kappa shape index (κ3) is 3.38. The second-order valence-corrected chi connectivity index (χ2v) is 6.41. The molecule has 1 aromatic carbocycles. The number of halogens is 3. The number of piperazine rings is 1. The number of benzene rings is 1. The number of aryl methyl sites for hydroxylation is 1. The molecule has 0 unspecified atom stereocenters. The highest BCUT2D eigenvalue weighted by atomic mass is 79.9. The summed E-state index contributed by atoms with van der Waals surface area (Å²) < 4.78 is 16.9. The summed E-state index contributed by atoms with van der Waals surface area (Å²) in [7, 11) is 0. The highest BCUT2D eigenvalue weighted by Crippen LogP contribution is 2.36. The molecule has 6 nitrogen and oxygen atoms in total. The number of aromatic nitrogens is 1. The lowest BCUT2D eigenvalue weighted by atomic mass is 10.1. The van der Waals surface area contributed by atoms with Gasteiger partial charge in [0, 0.05) is 38.9 Å². The molecule has 1 fully saturated rings. The zero-order valence-corrected chi connectivity index (χ0v) is 15.9. The molecule has 0 atom stereocenters. The van der Waals surface area contributed by atoms with E-state index in [2.05, 4.69) is 21.2 Å². The molecule has 0 aliphatic carbocycles. The van der Waals surface area contributed by atoms with E-state index in [1.54, 1.807) is 4.57 Å². The van der Waals surface area contributed by atoms with Gasteiger partial charge in [0.15, 0.2) is 0 Å². The first-order valence-electron chi connectivity index (χ1n) is 7.69. The Kier molecular flexibility index (Phi) is 6.08. The van der Waals surface area contributed by atoms with Crippen molar-refractivity contribution in [2.24, 2.45) is 0 Å². The van der Waals surface area contributed by atoms with Crippen molar-refractivity contribution in [3.8, 4) is 0 Å². The van der Waals surface area contributed by atoms with Gasteiger partial charge in [-0.1, -0.05) is 0 Å². The van der Waals surface area contributed by atoms with Gasteiger partial charge in [0.25, 0.3) is 0 Å². The Balaban J connectivity index is 0.00000225. The molecule has 3 rings (SSSR count). The summed E-state index contributed by atoms with van der Waals surface area (Å²) in [6, 6.07) is 1.15. The minimum Gasteiger partial charge on any atom is -0.477 e. The van der Waals surface area contributed by atoms with Crippen LogP contribution in [0.1, 0.15) is 17.3 Å². The van der Waals surface area contributed by atoms with Crippen LogP contribution in [0.4, 0.5) is 10.1 Å². The highest BCUT2D eigenvalue weighted by Gasteiger charge is 2.24. The fourth-order valence-electron chi connectivity index (χ4n) is 3.06. The van der Waals surface area contributed by atoms with E-state index < -0.39 is 17.2 Å². The predicted molar refractivity (Wildman–Crippen MR) is 101 cm³/mol. The van der Waals surface area contributed by atoms with E-state index in [9.17, 15) is 19.1 Å². The van der Waals surface area contributed by atoms with Crippen molar-refractivity contribution in [3.05, 3.63) is 38.3 Å². The van der Waals surface area contributed by atoms with Gasteiger partial charge in [-0.25, -0.2) is 9.18 Å². The minimum atomic E-state index is -1.31. The fraction of sp³-hybridized carbons (Fsp3) is 0.375. The Morgan fingerprint density at radius 3 is 2.60 bits per heavy atom. The van der Waals surface area contributed by atoms with Crippen molar-refractivity contribution in [2.75, 3.05) is 31.1 Å². The van der Waals surface area contributed by atoms with Gasteiger partial charge in [-0.2, -0.15) is 0 Å². The van der Waals surface area contributed by atoms with Gasteiger partial charge in [-0.15, -0.1) is 12.4 Å². The summed E-state index contributed by atoms with van der Waals surface area (Å²) in [5, 5.41) is 12.5. The van der Waals surface area contributed by atoms with Crippen LogP contribution >= 0.6 is 28.3 Å². The summed E-state index contributed by atoms with van der Waals surface area (Å²) in [6.45, 7) is 5.12. The standard InChI is InChI=1S/C16H17BrFN3O3.ClH/c1-2-20-8-10(16(23)24)15(22)9-7-11(18)14(12(17)13(9)20)21-5-3-19-4-6-21;/h7-8,19H,2-6H2,1H3,(H,23,24);1H. The van der Waals surface area contributed by atoms with Crippen molar-refractivity contribution in [1.29, 1.82) is 0 Å². The van der Waals surface area contributed by atoms with E-state index in [4.69, 9.17) is 0 Å². The molecule has 0 saturated carbocycles. The van der Waals surface area contributed by atoms with Crippen LogP contribution in [-0.2, 0) is 6.54 Å². The number of hydrogen-bond donors (Lipinski definition) is 2. The van der Waals surface area contributed by atoms with Crippen molar-refractivity contribution >= 4 is 50.9 Å². The van der Waals surface area contributed by atoms with Crippen LogP contribution in [0.5, 0.6) is 0 Å². The van der Waals surface area contributed by atoms with Crippen molar-refractivity contribution in [1.82, 2.24) is 9.88 Å². The van der Waals surface area contributed by atoms with Crippen LogP contribution in [0.25, 0.3) is 10.9 Å². The molecule has 0 spiro atoms. The Morgan fingerprint density at radius 2 is 2.04 bits per heavy atom. The zero-order valence-electron chi connectivity index (χ0n) is 13.5. The average Bonchev–Trinajstić information content (AvgIpc) is 2.56. The number of fused-ring (bicyclic) bond motifs is 1. The second kappa shape index (κ2) is 7.72. The summed E-state index contributed by atoms with van der Waals surface area (Å²) in [4.78, 5) is 25.6. The van der Waals surface area contributed by atoms with Crippen molar-refractivity contribution in [2.45, 2.75) is 13.5 Å². The monoisotopic (exact) mass is 433 g/mol. The third-order valence-electron chi connectivity index (χ3n) is 4.23. The van der Waals surface area contributed by atoms with Gasteiger partial charge in [-0.05, 0) is 28.9 Å². The van der Waals surface area contributed by atoms with E-state index >= 15 is 0 Å². The normalized spacial score (nSPS) is 14.4. The average molecular weight is 435 g/mol. The lowest BCUT2D eigenvalue weighted by Gasteiger charge is -2.31. The number of nitrogens with one attached hydrogen (secondary N) is 1. The van der Waals surface area contributed by atoms with Gasteiger partial charge in [0.2, 0.25) is 5.43 Å². The number of rotatable bonds is 3. The second-order valence-electron chi connectivity index (χ2n) is 5.62. The SMILES string of the molecule is CCn1cc(C(=O)O)c(=O)c2cc(F)c(N3CCNCC3)c(Br)c21.Cl. The van der Waals surface area contributed by atoms with Crippen LogP contribution < -0.4 is 15.6 Å². The number of hydrogen-bond acceptors (Lipinski definition) is 4. The Hall–Kier alpha value is -1.64. The molecule has 2 heterocycles. The number of carboxylic acids is 1. The van der Waals surface area contributed by atoms with E-state index in [1.807, 2.05) is 11.8 Å². The molecule has 2 N–H and O–H groups in total. The lowest BCUT2D eigenvalue weighted by molar-refractivity contribution is 0.0695. The van der Waals surface area contributed by atoms with Gasteiger partial charge in [0.05, 0.1) is 21.1 Å². The molecule has 1 saturated heterocycles.